The van der Waals surface area contributed by atoms with Gasteiger partial charge in [-0.15, -0.1) is 11.3 Å². The average Bonchev–Trinajstić information content (AvgIpc) is 2.67. The molecule has 1 fully saturated rings. The first-order chi connectivity index (χ1) is 7.91. The van der Waals surface area contributed by atoms with Gasteiger partial charge in [0.25, 0.3) is 0 Å². The first-order valence-corrected chi connectivity index (χ1v) is 6.79. The summed E-state index contributed by atoms with van der Waals surface area (Å²) in [7, 11) is 0. The standard InChI is InChI=1S/C12H19N3OS/c1-11(2,10-14-6-7-17-10)15-9(16)8-12(13)4-3-5-12/h6-7H,3-5,8,13H2,1-2H3,(H,15,16). The molecule has 0 saturated heterocycles. The Morgan fingerprint density at radius 2 is 2.35 bits per heavy atom. The molecule has 1 aromatic rings. The van der Waals surface area contributed by atoms with E-state index in [1.54, 1.807) is 17.5 Å². The fourth-order valence-corrected chi connectivity index (χ4v) is 2.82. The minimum absolute atomic E-state index is 0.0207. The maximum absolute atomic E-state index is 11.9. The molecule has 0 aliphatic heterocycles. The van der Waals surface area contributed by atoms with Gasteiger partial charge >= 0.3 is 0 Å². The molecule has 1 aliphatic rings. The van der Waals surface area contributed by atoms with Crippen molar-refractivity contribution >= 4 is 17.2 Å². The monoisotopic (exact) mass is 253 g/mol. The first-order valence-electron chi connectivity index (χ1n) is 5.91. The van der Waals surface area contributed by atoms with Crippen LogP contribution < -0.4 is 11.1 Å². The third kappa shape index (κ3) is 2.84. The average molecular weight is 253 g/mol. The largest absolute Gasteiger partial charge is 0.345 e. The zero-order chi connectivity index (χ0) is 12.5. The highest BCUT2D eigenvalue weighted by Gasteiger charge is 2.36. The number of amides is 1. The summed E-state index contributed by atoms with van der Waals surface area (Å²) < 4.78 is 0. The van der Waals surface area contributed by atoms with Gasteiger partial charge in [-0.25, -0.2) is 4.98 Å². The van der Waals surface area contributed by atoms with Crippen LogP contribution in [0.1, 0.15) is 44.5 Å². The molecule has 0 radical (unpaired) electrons. The number of rotatable bonds is 4. The van der Waals surface area contributed by atoms with Crippen LogP contribution in [0.25, 0.3) is 0 Å². The minimum atomic E-state index is -0.411. The maximum Gasteiger partial charge on any atom is 0.222 e. The molecule has 94 valence electrons. The van der Waals surface area contributed by atoms with Crippen molar-refractivity contribution < 1.29 is 4.79 Å². The van der Waals surface area contributed by atoms with Crippen LogP contribution in [-0.2, 0) is 10.3 Å². The third-order valence-corrected chi connectivity index (χ3v) is 4.38. The second-order valence-corrected chi connectivity index (χ2v) is 6.30. The van der Waals surface area contributed by atoms with Gasteiger partial charge in [-0.05, 0) is 33.1 Å². The molecule has 5 heteroatoms. The van der Waals surface area contributed by atoms with E-state index in [0.29, 0.717) is 6.42 Å². The van der Waals surface area contributed by atoms with Gasteiger partial charge in [0, 0.05) is 23.5 Å². The van der Waals surface area contributed by atoms with Gasteiger partial charge in [-0.3, -0.25) is 4.79 Å². The molecule has 0 bridgehead atoms. The van der Waals surface area contributed by atoms with Crippen molar-refractivity contribution in [3.05, 3.63) is 16.6 Å². The zero-order valence-corrected chi connectivity index (χ0v) is 11.1. The maximum atomic E-state index is 11.9. The zero-order valence-electron chi connectivity index (χ0n) is 10.3. The van der Waals surface area contributed by atoms with Crippen LogP contribution in [-0.4, -0.2) is 16.4 Å². The van der Waals surface area contributed by atoms with E-state index in [2.05, 4.69) is 10.3 Å². The van der Waals surface area contributed by atoms with Crippen LogP contribution in [0.5, 0.6) is 0 Å². The molecule has 1 amide bonds. The Hall–Kier alpha value is -0.940. The summed E-state index contributed by atoms with van der Waals surface area (Å²) in [6.07, 6.45) is 5.22. The van der Waals surface area contributed by atoms with E-state index in [-0.39, 0.29) is 11.4 Å². The number of nitrogens with two attached hydrogens (primary N) is 1. The van der Waals surface area contributed by atoms with Crippen molar-refractivity contribution in [3.8, 4) is 0 Å². The molecule has 1 aromatic heterocycles. The number of aromatic nitrogens is 1. The highest BCUT2D eigenvalue weighted by molar-refractivity contribution is 7.09. The number of thiazole rings is 1. The lowest BCUT2D eigenvalue weighted by Gasteiger charge is -2.38. The Balaban J connectivity index is 1.94. The molecule has 1 aliphatic carbocycles. The molecular formula is C12H19N3OS. The molecule has 1 heterocycles. The van der Waals surface area contributed by atoms with E-state index in [1.165, 1.54) is 0 Å². The number of nitrogens with one attached hydrogen (secondary N) is 1. The van der Waals surface area contributed by atoms with Crippen molar-refractivity contribution in [2.45, 2.75) is 50.6 Å². The Labute approximate surface area is 106 Å². The lowest BCUT2D eigenvalue weighted by molar-refractivity contribution is -0.124. The van der Waals surface area contributed by atoms with Crippen LogP contribution in [0, 0.1) is 0 Å². The van der Waals surface area contributed by atoms with Gasteiger partial charge in [-0.1, -0.05) is 0 Å². The normalized spacial score (nSPS) is 18.5. The van der Waals surface area contributed by atoms with Gasteiger partial charge in [0.05, 0.1) is 5.54 Å². The molecular weight excluding hydrogens is 234 g/mol. The number of carbonyl (C=O) groups excluding carboxylic acids is 1. The van der Waals surface area contributed by atoms with E-state index in [4.69, 9.17) is 5.73 Å². The predicted molar refractivity (Wildman–Crippen MR) is 68.7 cm³/mol. The Morgan fingerprint density at radius 1 is 1.65 bits per heavy atom. The molecule has 0 atom stereocenters. The Bertz CT molecular complexity index is 396. The Morgan fingerprint density at radius 3 is 2.82 bits per heavy atom. The smallest absolute Gasteiger partial charge is 0.222 e. The lowest BCUT2D eigenvalue weighted by atomic mass is 9.75. The van der Waals surface area contributed by atoms with Crippen LogP contribution >= 0.6 is 11.3 Å². The van der Waals surface area contributed by atoms with E-state index in [0.717, 1.165) is 24.3 Å². The number of hydrogen-bond donors (Lipinski definition) is 2. The first kappa shape index (κ1) is 12.5. The molecule has 0 spiro atoms. The summed E-state index contributed by atoms with van der Waals surface area (Å²) in [4.78, 5) is 16.2. The van der Waals surface area contributed by atoms with Crippen molar-refractivity contribution in [2.24, 2.45) is 5.73 Å². The highest BCUT2D eigenvalue weighted by Crippen LogP contribution is 2.32. The fourth-order valence-electron chi connectivity index (χ4n) is 2.11. The molecule has 3 N–H and O–H groups in total. The van der Waals surface area contributed by atoms with Gasteiger partial charge < -0.3 is 11.1 Å². The highest BCUT2D eigenvalue weighted by atomic mass is 32.1. The van der Waals surface area contributed by atoms with Gasteiger partial charge in [0.15, 0.2) is 0 Å². The fraction of sp³-hybridized carbons (Fsp3) is 0.667. The topological polar surface area (TPSA) is 68.0 Å². The van der Waals surface area contributed by atoms with Crippen molar-refractivity contribution in [1.82, 2.24) is 10.3 Å². The van der Waals surface area contributed by atoms with Gasteiger partial charge in [0.1, 0.15) is 5.01 Å². The van der Waals surface area contributed by atoms with E-state index in [1.807, 2.05) is 19.2 Å². The SMILES string of the molecule is CC(C)(NC(=O)CC1(N)CCC1)c1nccs1. The molecule has 0 aromatic carbocycles. The Kier molecular flexibility index (Phi) is 3.23. The summed E-state index contributed by atoms with van der Waals surface area (Å²) in [5, 5.41) is 5.85. The molecule has 0 unspecified atom stereocenters. The molecule has 17 heavy (non-hydrogen) atoms. The quantitative estimate of drug-likeness (QED) is 0.859. The lowest BCUT2D eigenvalue weighted by Crippen LogP contribution is -2.52. The van der Waals surface area contributed by atoms with Crippen molar-refractivity contribution in [2.75, 3.05) is 0 Å². The van der Waals surface area contributed by atoms with E-state index in [9.17, 15) is 4.79 Å². The van der Waals surface area contributed by atoms with Crippen LogP contribution in [0.4, 0.5) is 0 Å². The van der Waals surface area contributed by atoms with Crippen molar-refractivity contribution in [1.29, 1.82) is 0 Å². The predicted octanol–water partition coefficient (Wildman–Crippen LogP) is 1.77. The molecule has 4 nitrogen and oxygen atoms in total. The summed E-state index contributed by atoms with van der Waals surface area (Å²) in [6.45, 7) is 3.93. The summed E-state index contributed by atoms with van der Waals surface area (Å²) >= 11 is 1.55. The van der Waals surface area contributed by atoms with E-state index >= 15 is 0 Å². The molecule has 1 saturated carbocycles. The summed E-state index contributed by atoms with van der Waals surface area (Å²) in [5.74, 6) is 0.0207. The van der Waals surface area contributed by atoms with Crippen LogP contribution in [0.2, 0.25) is 0 Å². The van der Waals surface area contributed by atoms with E-state index < -0.39 is 5.54 Å². The second-order valence-electron chi connectivity index (χ2n) is 5.40. The van der Waals surface area contributed by atoms with Gasteiger partial charge in [-0.2, -0.15) is 0 Å². The van der Waals surface area contributed by atoms with Crippen LogP contribution in [0.15, 0.2) is 11.6 Å². The summed E-state index contributed by atoms with van der Waals surface area (Å²) in [6, 6.07) is 0. The van der Waals surface area contributed by atoms with Crippen molar-refractivity contribution in [3.63, 3.8) is 0 Å². The minimum Gasteiger partial charge on any atom is -0.345 e. The van der Waals surface area contributed by atoms with Gasteiger partial charge in [0.2, 0.25) is 5.91 Å². The molecule has 2 rings (SSSR count). The number of carbonyl (C=O) groups is 1. The third-order valence-electron chi connectivity index (χ3n) is 3.28. The summed E-state index contributed by atoms with van der Waals surface area (Å²) in [5.41, 5.74) is 5.40. The second kappa shape index (κ2) is 4.38. The number of hydrogen-bond acceptors (Lipinski definition) is 4. The number of nitrogens with zero attached hydrogens (tertiary/aromatic N) is 1. The van der Waals surface area contributed by atoms with Crippen LogP contribution in [0.3, 0.4) is 0 Å².